The van der Waals surface area contributed by atoms with Gasteiger partial charge in [0, 0.05) is 0 Å². The quantitative estimate of drug-likeness (QED) is 0.473. The third-order valence-electron chi connectivity index (χ3n) is 2.14. The monoisotopic (exact) mass is 280 g/mol. The van der Waals surface area contributed by atoms with E-state index in [2.05, 4.69) is 5.92 Å². The third-order valence-corrected chi connectivity index (χ3v) is 2.45. The molecule has 0 aliphatic carbocycles. The summed E-state index contributed by atoms with van der Waals surface area (Å²) in [5.74, 6) is 1.42. The SMILES string of the molecule is C#CC(C)OC(=O)CCC(=O)Oc1ccccc1Cl. The Labute approximate surface area is 116 Å². The molecule has 0 saturated heterocycles. The van der Waals surface area contributed by atoms with Gasteiger partial charge in [0.2, 0.25) is 0 Å². The van der Waals surface area contributed by atoms with E-state index in [1.807, 2.05) is 0 Å². The van der Waals surface area contributed by atoms with Gasteiger partial charge in [-0.25, -0.2) is 0 Å². The van der Waals surface area contributed by atoms with Crippen molar-refractivity contribution < 1.29 is 19.1 Å². The number of halogens is 1. The van der Waals surface area contributed by atoms with Gasteiger partial charge in [-0.3, -0.25) is 9.59 Å². The Bertz CT molecular complexity index is 504. The highest BCUT2D eigenvalue weighted by atomic mass is 35.5. The molecule has 0 radical (unpaired) electrons. The Morgan fingerprint density at radius 3 is 2.58 bits per heavy atom. The summed E-state index contributed by atoms with van der Waals surface area (Å²) >= 11 is 5.83. The standard InChI is InChI=1S/C14H13ClO4/c1-3-10(2)18-13(16)8-9-14(17)19-12-7-5-4-6-11(12)15/h1,4-7,10H,8-9H2,2H3. The molecule has 0 heterocycles. The van der Waals surface area contributed by atoms with Gasteiger partial charge in [0.05, 0.1) is 17.9 Å². The van der Waals surface area contributed by atoms with Gasteiger partial charge in [-0.05, 0) is 19.1 Å². The molecule has 0 fully saturated rings. The molecule has 0 aliphatic heterocycles. The van der Waals surface area contributed by atoms with Crippen LogP contribution in [0, 0.1) is 12.3 Å². The summed E-state index contributed by atoms with van der Waals surface area (Å²) in [6.45, 7) is 1.57. The molecule has 100 valence electrons. The highest BCUT2D eigenvalue weighted by Crippen LogP contribution is 2.23. The summed E-state index contributed by atoms with van der Waals surface area (Å²) in [4.78, 5) is 22.8. The second-order valence-electron chi connectivity index (χ2n) is 3.70. The highest BCUT2D eigenvalue weighted by molar-refractivity contribution is 6.32. The maximum Gasteiger partial charge on any atom is 0.311 e. The van der Waals surface area contributed by atoms with Crippen molar-refractivity contribution in [3.05, 3.63) is 29.3 Å². The molecular formula is C14H13ClO4. The van der Waals surface area contributed by atoms with E-state index in [4.69, 9.17) is 27.5 Å². The molecule has 1 aromatic rings. The second-order valence-corrected chi connectivity index (χ2v) is 4.11. The summed E-state index contributed by atoms with van der Waals surface area (Å²) in [6, 6.07) is 6.58. The van der Waals surface area contributed by atoms with Crippen LogP contribution in [0.2, 0.25) is 5.02 Å². The van der Waals surface area contributed by atoms with Crippen LogP contribution in [0.1, 0.15) is 19.8 Å². The lowest BCUT2D eigenvalue weighted by atomic mass is 10.3. The largest absolute Gasteiger partial charge is 0.449 e. The van der Waals surface area contributed by atoms with Crippen LogP contribution in [0.25, 0.3) is 0 Å². The number of esters is 2. The van der Waals surface area contributed by atoms with Crippen LogP contribution in [-0.4, -0.2) is 18.0 Å². The van der Waals surface area contributed by atoms with Crippen LogP contribution in [0.15, 0.2) is 24.3 Å². The Kier molecular flexibility index (Phi) is 5.91. The fraction of sp³-hybridized carbons (Fsp3) is 0.286. The summed E-state index contributed by atoms with van der Waals surface area (Å²) in [5, 5.41) is 0.333. The molecule has 0 N–H and O–H groups in total. The molecule has 0 saturated carbocycles. The number of hydrogen-bond acceptors (Lipinski definition) is 4. The Hall–Kier alpha value is -1.99. The van der Waals surface area contributed by atoms with Gasteiger partial charge < -0.3 is 9.47 Å². The molecular weight excluding hydrogens is 268 g/mol. The van der Waals surface area contributed by atoms with Crippen molar-refractivity contribution in [1.82, 2.24) is 0 Å². The van der Waals surface area contributed by atoms with Crippen LogP contribution >= 0.6 is 11.6 Å². The van der Waals surface area contributed by atoms with Crippen molar-refractivity contribution in [1.29, 1.82) is 0 Å². The predicted octanol–water partition coefficient (Wildman–Crippen LogP) is 2.59. The topological polar surface area (TPSA) is 52.6 Å². The smallest absolute Gasteiger partial charge is 0.311 e. The van der Waals surface area contributed by atoms with Crippen molar-refractivity contribution in [2.24, 2.45) is 0 Å². The Morgan fingerprint density at radius 1 is 1.32 bits per heavy atom. The summed E-state index contributed by atoms with van der Waals surface area (Å²) in [5.41, 5.74) is 0. The fourth-order valence-electron chi connectivity index (χ4n) is 1.20. The van der Waals surface area contributed by atoms with Gasteiger partial charge in [0.15, 0.2) is 6.10 Å². The van der Waals surface area contributed by atoms with Gasteiger partial charge in [0.1, 0.15) is 5.75 Å². The molecule has 5 heteroatoms. The Morgan fingerprint density at radius 2 is 1.95 bits per heavy atom. The minimum Gasteiger partial charge on any atom is -0.449 e. The molecule has 1 rings (SSSR count). The van der Waals surface area contributed by atoms with Gasteiger partial charge in [0.25, 0.3) is 0 Å². The van der Waals surface area contributed by atoms with Crippen LogP contribution < -0.4 is 4.74 Å². The minimum absolute atomic E-state index is 0.0880. The first-order valence-corrected chi connectivity index (χ1v) is 6.01. The average molecular weight is 281 g/mol. The zero-order chi connectivity index (χ0) is 14.3. The summed E-state index contributed by atoms with van der Waals surface area (Å²) < 4.78 is 9.82. The van der Waals surface area contributed by atoms with Crippen LogP contribution in [-0.2, 0) is 14.3 Å². The number of ether oxygens (including phenoxy) is 2. The maximum atomic E-state index is 11.5. The predicted molar refractivity (Wildman–Crippen MR) is 70.7 cm³/mol. The van der Waals surface area contributed by atoms with Gasteiger partial charge in [-0.1, -0.05) is 29.7 Å². The Balaban J connectivity index is 2.39. The van der Waals surface area contributed by atoms with Gasteiger partial charge in [-0.15, -0.1) is 6.42 Å². The van der Waals surface area contributed by atoms with Crippen molar-refractivity contribution >= 4 is 23.5 Å². The van der Waals surface area contributed by atoms with E-state index >= 15 is 0 Å². The van der Waals surface area contributed by atoms with Crippen molar-refractivity contribution in [2.75, 3.05) is 0 Å². The van der Waals surface area contributed by atoms with E-state index < -0.39 is 18.0 Å². The fourth-order valence-corrected chi connectivity index (χ4v) is 1.37. The van der Waals surface area contributed by atoms with E-state index in [1.54, 1.807) is 31.2 Å². The number of benzene rings is 1. The molecule has 1 atom stereocenters. The molecule has 19 heavy (non-hydrogen) atoms. The van der Waals surface area contributed by atoms with Crippen LogP contribution in [0.5, 0.6) is 5.75 Å². The summed E-state index contributed by atoms with van der Waals surface area (Å²) in [6.07, 6.45) is 4.27. The van der Waals surface area contributed by atoms with E-state index in [-0.39, 0.29) is 18.6 Å². The van der Waals surface area contributed by atoms with Crippen molar-refractivity contribution in [3.8, 4) is 18.1 Å². The van der Waals surface area contributed by atoms with Gasteiger partial charge >= 0.3 is 11.9 Å². The lowest BCUT2D eigenvalue weighted by molar-refractivity contribution is -0.148. The number of rotatable bonds is 5. The zero-order valence-corrected chi connectivity index (χ0v) is 11.1. The molecule has 0 bridgehead atoms. The molecule has 0 aliphatic rings. The lowest BCUT2D eigenvalue weighted by Crippen LogP contribution is -2.16. The lowest BCUT2D eigenvalue weighted by Gasteiger charge is -2.07. The van der Waals surface area contributed by atoms with Crippen LogP contribution in [0.4, 0.5) is 0 Å². The number of carbonyl (C=O) groups excluding carboxylic acids is 2. The van der Waals surface area contributed by atoms with E-state index in [0.717, 1.165) is 0 Å². The zero-order valence-electron chi connectivity index (χ0n) is 10.4. The normalized spacial score (nSPS) is 11.2. The minimum atomic E-state index is -0.605. The van der Waals surface area contributed by atoms with Crippen LogP contribution in [0.3, 0.4) is 0 Å². The molecule has 0 amide bonds. The molecule has 0 aromatic heterocycles. The second kappa shape index (κ2) is 7.45. The van der Waals surface area contributed by atoms with E-state index in [1.165, 1.54) is 0 Å². The number of hydrogen-bond donors (Lipinski definition) is 0. The molecule has 1 unspecified atom stereocenters. The molecule has 1 aromatic carbocycles. The van der Waals surface area contributed by atoms with Gasteiger partial charge in [-0.2, -0.15) is 0 Å². The average Bonchev–Trinajstić information content (AvgIpc) is 2.39. The number of carbonyl (C=O) groups is 2. The van der Waals surface area contributed by atoms with Crippen molar-refractivity contribution in [2.45, 2.75) is 25.9 Å². The first-order valence-electron chi connectivity index (χ1n) is 5.63. The third kappa shape index (κ3) is 5.45. The maximum absolute atomic E-state index is 11.5. The number of para-hydroxylation sites is 1. The number of terminal acetylenes is 1. The first kappa shape index (κ1) is 15.1. The van der Waals surface area contributed by atoms with E-state index in [9.17, 15) is 9.59 Å². The highest BCUT2D eigenvalue weighted by Gasteiger charge is 2.12. The van der Waals surface area contributed by atoms with Crippen molar-refractivity contribution in [3.63, 3.8) is 0 Å². The molecule has 4 nitrogen and oxygen atoms in total. The van der Waals surface area contributed by atoms with E-state index in [0.29, 0.717) is 5.02 Å². The summed E-state index contributed by atoms with van der Waals surface area (Å²) in [7, 11) is 0. The first-order chi connectivity index (χ1) is 9.02. The molecule has 0 spiro atoms.